The van der Waals surface area contributed by atoms with E-state index in [1.165, 1.54) is 0 Å². The van der Waals surface area contributed by atoms with Crippen LogP contribution in [-0.4, -0.2) is 21.0 Å². The second kappa shape index (κ2) is 7.22. The first-order valence-electron chi connectivity index (χ1n) is 8.59. The maximum absolute atomic E-state index is 11.4. The second-order valence-electron chi connectivity index (χ2n) is 6.39. The van der Waals surface area contributed by atoms with E-state index < -0.39 is 5.97 Å². The van der Waals surface area contributed by atoms with Crippen molar-refractivity contribution in [3.63, 3.8) is 0 Å². The number of carboxylic acid groups (broad SMARTS) is 1. The molecule has 0 fully saturated rings. The van der Waals surface area contributed by atoms with Gasteiger partial charge in [-0.2, -0.15) is 5.26 Å². The van der Waals surface area contributed by atoms with E-state index in [0.29, 0.717) is 28.2 Å². The minimum absolute atomic E-state index is 0.152. The van der Waals surface area contributed by atoms with E-state index in [9.17, 15) is 15.2 Å². The maximum atomic E-state index is 11.4. The van der Waals surface area contributed by atoms with Crippen LogP contribution in [0.1, 0.15) is 27.0 Å². The van der Waals surface area contributed by atoms with Crippen molar-refractivity contribution in [1.82, 2.24) is 9.97 Å². The van der Waals surface area contributed by atoms with Gasteiger partial charge in [0.05, 0.1) is 22.7 Å². The minimum atomic E-state index is -1.02. The number of carboxylic acids is 1. The average Bonchev–Trinajstić information content (AvgIpc) is 3.10. The number of benzene rings is 3. The number of aromatic carboxylic acids is 1. The summed E-state index contributed by atoms with van der Waals surface area (Å²) in [5.74, 6) is -1.02. The van der Waals surface area contributed by atoms with Crippen LogP contribution < -0.4 is 0 Å². The highest BCUT2D eigenvalue weighted by Gasteiger charge is 2.15. The molecule has 5 nitrogen and oxygen atoms in total. The van der Waals surface area contributed by atoms with Gasteiger partial charge in [0.25, 0.3) is 0 Å². The fourth-order valence-electron chi connectivity index (χ4n) is 3.31. The summed E-state index contributed by atoms with van der Waals surface area (Å²) in [7, 11) is 0. The summed E-state index contributed by atoms with van der Waals surface area (Å²) in [6.07, 6.45) is 0.617. The Morgan fingerprint density at radius 3 is 2.57 bits per heavy atom. The molecule has 0 spiro atoms. The van der Waals surface area contributed by atoms with Crippen LogP contribution in [0.25, 0.3) is 22.2 Å². The van der Waals surface area contributed by atoms with Crippen molar-refractivity contribution in [2.75, 3.05) is 0 Å². The maximum Gasteiger partial charge on any atom is 0.337 e. The van der Waals surface area contributed by atoms with Crippen LogP contribution in [0.2, 0.25) is 0 Å². The Labute approximate surface area is 166 Å². The third-order valence-corrected chi connectivity index (χ3v) is 4.87. The molecule has 0 saturated heterocycles. The van der Waals surface area contributed by atoms with Crippen molar-refractivity contribution < 1.29 is 9.90 Å². The van der Waals surface area contributed by atoms with E-state index in [4.69, 9.17) is 0 Å². The number of fused-ring (bicyclic) bond motifs is 1. The van der Waals surface area contributed by atoms with Crippen LogP contribution in [0.3, 0.4) is 0 Å². The molecular weight excluding hydrogens is 370 g/mol. The van der Waals surface area contributed by atoms with E-state index in [0.717, 1.165) is 22.3 Å². The van der Waals surface area contributed by atoms with E-state index in [1.807, 2.05) is 42.5 Å². The molecule has 0 saturated carbocycles. The topological polar surface area (TPSA) is 89.8 Å². The molecule has 1 heterocycles. The van der Waals surface area contributed by atoms with Crippen LogP contribution in [0.4, 0.5) is 0 Å². The summed E-state index contributed by atoms with van der Waals surface area (Å²) in [5.41, 5.74) is 5.78. The van der Waals surface area contributed by atoms with Gasteiger partial charge in [-0.05, 0) is 40.8 Å². The van der Waals surface area contributed by atoms with Crippen LogP contribution >= 0.6 is 12.6 Å². The predicted octanol–water partition coefficient (Wildman–Crippen LogP) is 4.68. The van der Waals surface area contributed by atoms with Crippen LogP contribution in [0, 0.1) is 11.3 Å². The third kappa shape index (κ3) is 3.24. The average molecular weight is 385 g/mol. The van der Waals surface area contributed by atoms with Gasteiger partial charge in [0.2, 0.25) is 0 Å². The molecule has 0 bridgehead atoms. The fraction of sp³-hybridized carbons (Fsp3) is 0.0455. The molecule has 0 radical (unpaired) electrons. The van der Waals surface area contributed by atoms with Gasteiger partial charge in [-0.25, -0.2) is 9.78 Å². The van der Waals surface area contributed by atoms with Gasteiger partial charge in [0.15, 0.2) is 5.16 Å². The molecule has 4 rings (SSSR count). The zero-order valence-corrected chi connectivity index (χ0v) is 15.6. The van der Waals surface area contributed by atoms with Crippen molar-refractivity contribution in [1.29, 1.82) is 5.26 Å². The summed E-state index contributed by atoms with van der Waals surface area (Å²) < 4.78 is 0. The second-order valence-corrected chi connectivity index (χ2v) is 6.82. The lowest BCUT2D eigenvalue weighted by Gasteiger charge is -2.08. The number of nitrogens with zero attached hydrogens (tertiary/aromatic N) is 2. The number of nitrogens with one attached hydrogen (secondary N) is 1. The zero-order chi connectivity index (χ0) is 19.7. The van der Waals surface area contributed by atoms with E-state index in [2.05, 4.69) is 28.7 Å². The first-order valence-corrected chi connectivity index (χ1v) is 9.04. The lowest BCUT2D eigenvalue weighted by atomic mass is 9.97. The van der Waals surface area contributed by atoms with Gasteiger partial charge in [0.1, 0.15) is 5.52 Å². The number of nitriles is 1. The molecule has 4 aromatic rings. The molecule has 136 valence electrons. The number of thiol groups is 1. The molecule has 0 aliphatic carbocycles. The van der Waals surface area contributed by atoms with Gasteiger partial charge >= 0.3 is 5.97 Å². The predicted molar refractivity (Wildman–Crippen MR) is 110 cm³/mol. The fourth-order valence-corrected chi connectivity index (χ4v) is 3.52. The SMILES string of the molecule is N#Cc1ccccc1-c1ccc(Cc2ccc(C(=O)O)c3nc(S)[nH]c23)cc1. The lowest BCUT2D eigenvalue weighted by molar-refractivity contribution is 0.0699. The summed E-state index contributed by atoms with van der Waals surface area (Å²) in [5, 5.41) is 19.0. The number of aromatic nitrogens is 2. The Morgan fingerprint density at radius 1 is 1.11 bits per heavy atom. The molecule has 0 aliphatic rings. The lowest BCUT2D eigenvalue weighted by Crippen LogP contribution is -1.99. The van der Waals surface area contributed by atoms with E-state index >= 15 is 0 Å². The van der Waals surface area contributed by atoms with Crippen molar-refractivity contribution in [3.8, 4) is 17.2 Å². The van der Waals surface area contributed by atoms with Gasteiger partial charge < -0.3 is 10.1 Å². The van der Waals surface area contributed by atoms with Crippen molar-refractivity contribution in [2.45, 2.75) is 11.6 Å². The van der Waals surface area contributed by atoms with Crippen molar-refractivity contribution in [2.24, 2.45) is 0 Å². The Balaban J connectivity index is 1.68. The van der Waals surface area contributed by atoms with Crippen LogP contribution in [-0.2, 0) is 6.42 Å². The first kappa shape index (κ1) is 17.8. The minimum Gasteiger partial charge on any atom is -0.478 e. The molecule has 0 unspecified atom stereocenters. The van der Waals surface area contributed by atoms with E-state index in [1.54, 1.807) is 18.2 Å². The molecule has 6 heteroatoms. The number of carbonyl (C=O) groups is 1. The van der Waals surface area contributed by atoms with Gasteiger partial charge in [0, 0.05) is 0 Å². The van der Waals surface area contributed by atoms with Crippen LogP contribution in [0.15, 0.2) is 65.8 Å². The molecule has 0 aliphatic heterocycles. The van der Waals surface area contributed by atoms with E-state index in [-0.39, 0.29) is 5.56 Å². The molecule has 2 N–H and O–H groups in total. The first-order chi connectivity index (χ1) is 13.6. The molecule has 1 aromatic heterocycles. The highest BCUT2D eigenvalue weighted by atomic mass is 32.1. The molecular formula is C22H15N3O2S. The highest BCUT2D eigenvalue weighted by molar-refractivity contribution is 7.80. The highest BCUT2D eigenvalue weighted by Crippen LogP contribution is 2.27. The summed E-state index contributed by atoms with van der Waals surface area (Å²) in [4.78, 5) is 18.7. The number of rotatable bonds is 4. The number of hydrogen-bond acceptors (Lipinski definition) is 4. The summed E-state index contributed by atoms with van der Waals surface area (Å²) in [6.45, 7) is 0. The Kier molecular flexibility index (Phi) is 4.60. The molecule has 28 heavy (non-hydrogen) atoms. The van der Waals surface area contributed by atoms with Crippen molar-refractivity contribution >= 4 is 29.6 Å². The van der Waals surface area contributed by atoms with Gasteiger partial charge in [-0.15, -0.1) is 12.6 Å². The Hall–Kier alpha value is -3.56. The standard InChI is InChI=1S/C22H15N3O2S/c23-12-16-3-1-2-4-17(16)14-7-5-13(6-8-14)11-15-9-10-18(21(26)27)20-19(15)24-22(28)25-20/h1-10H,11H2,(H,26,27)(H2,24,25,28). The van der Waals surface area contributed by atoms with Gasteiger partial charge in [-0.1, -0.05) is 48.5 Å². The largest absolute Gasteiger partial charge is 0.478 e. The summed E-state index contributed by atoms with van der Waals surface area (Å²) >= 11 is 4.22. The molecule has 3 aromatic carbocycles. The van der Waals surface area contributed by atoms with Crippen LogP contribution in [0.5, 0.6) is 0 Å². The Bertz CT molecular complexity index is 1240. The normalized spacial score (nSPS) is 10.7. The van der Waals surface area contributed by atoms with Crippen molar-refractivity contribution in [3.05, 3.63) is 82.9 Å². The monoisotopic (exact) mass is 385 g/mol. The number of aromatic amines is 1. The molecule has 0 atom stereocenters. The zero-order valence-electron chi connectivity index (χ0n) is 14.7. The number of imidazole rings is 1. The smallest absolute Gasteiger partial charge is 0.337 e. The number of H-pyrrole nitrogens is 1. The number of hydrogen-bond donors (Lipinski definition) is 3. The van der Waals surface area contributed by atoms with Gasteiger partial charge in [-0.3, -0.25) is 0 Å². The Morgan fingerprint density at radius 2 is 1.86 bits per heavy atom. The quantitative estimate of drug-likeness (QED) is 0.445. The summed E-state index contributed by atoms with van der Waals surface area (Å²) in [6, 6.07) is 21.1. The third-order valence-electron chi connectivity index (χ3n) is 4.66. The molecule has 0 amide bonds.